The molecule has 0 aliphatic rings. The number of benzene rings is 2. The van der Waals surface area contributed by atoms with Gasteiger partial charge in [-0.2, -0.15) is 0 Å². The van der Waals surface area contributed by atoms with Crippen molar-refractivity contribution in [1.82, 2.24) is 9.97 Å². The van der Waals surface area contributed by atoms with E-state index >= 15 is 0 Å². The zero-order valence-electron chi connectivity index (χ0n) is 15.4. The number of hydrogen-bond donors (Lipinski definition) is 2. The molecule has 0 saturated heterocycles. The number of nitrogens with zero attached hydrogens (tertiary/aromatic N) is 3. The van der Waals surface area contributed by atoms with E-state index in [-0.39, 0.29) is 0 Å². The van der Waals surface area contributed by atoms with Crippen LogP contribution >= 0.6 is 0 Å². The number of anilines is 5. The number of nitrogens with one attached hydrogen (secondary N) is 2. The molecule has 26 heavy (non-hydrogen) atoms. The molecule has 2 N–H and O–H groups in total. The van der Waals surface area contributed by atoms with Crippen molar-refractivity contribution in [3.05, 3.63) is 60.4 Å². The van der Waals surface area contributed by atoms with Crippen molar-refractivity contribution in [3.8, 4) is 5.75 Å². The Hall–Kier alpha value is -3.28. The second kappa shape index (κ2) is 7.74. The molecule has 0 spiro atoms. The molecule has 2 aromatic carbocycles. The van der Waals surface area contributed by atoms with Crippen molar-refractivity contribution in [3.63, 3.8) is 0 Å². The molecule has 6 nitrogen and oxygen atoms in total. The van der Waals surface area contributed by atoms with Gasteiger partial charge in [0.2, 0.25) is 0 Å². The molecule has 3 aromatic rings. The maximum Gasteiger partial charge on any atom is 0.142 e. The molecular formula is C20H23N5O. The van der Waals surface area contributed by atoms with Gasteiger partial charge in [0, 0.05) is 31.5 Å². The van der Waals surface area contributed by atoms with E-state index in [2.05, 4.69) is 37.6 Å². The van der Waals surface area contributed by atoms with Crippen LogP contribution in [0.2, 0.25) is 0 Å². The predicted molar refractivity (Wildman–Crippen MR) is 107 cm³/mol. The van der Waals surface area contributed by atoms with Gasteiger partial charge < -0.3 is 20.3 Å². The van der Waals surface area contributed by atoms with Gasteiger partial charge in [0.05, 0.1) is 12.8 Å². The van der Waals surface area contributed by atoms with Crippen LogP contribution in [0.25, 0.3) is 0 Å². The molecule has 0 atom stereocenters. The summed E-state index contributed by atoms with van der Waals surface area (Å²) in [5, 5.41) is 6.59. The molecule has 6 heteroatoms. The first kappa shape index (κ1) is 17.5. The third-order valence-electron chi connectivity index (χ3n) is 3.94. The highest BCUT2D eigenvalue weighted by Crippen LogP contribution is 2.28. The van der Waals surface area contributed by atoms with Crippen LogP contribution in [0.4, 0.5) is 28.7 Å². The minimum Gasteiger partial charge on any atom is -0.495 e. The molecule has 134 valence electrons. The van der Waals surface area contributed by atoms with Crippen molar-refractivity contribution in [2.75, 3.05) is 36.7 Å². The highest BCUT2D eigenvalue weighted by atomic mass is 16.5. The van der Waals surface area contributed by atoms with E-state index < -0.39 is 0 Å². The van der Waals surface area contributed by atoms with Crippen LogP contribution < -0.4 is 20.3 Å². The molecule has 0 amide bonds. The Balaban J connectivity index is 1.77. The molecule has 3 rings (SSSR count). The number of aryl methyl sites for hydroxylation is 1. The lowest BCUT2D eigenvalue weighted by atomic mass is 10.2. The normalized spacial score (nSPS) is 10.3. The fraction of sp³-hybridized carbons (Fsp3) is 0.200. The van der Waals surface area contributed by atoms with E-state index in [1.807, 2.05) is 57.4 Å². The third kappa shape index (κ3) is 4.22. The van der Waals surface area contributed by atoms with Crippen molar-refractivity contribution in [1.29, 1.82) is 0 Å². The first-order valence-electron chi connectivity index (χ1n) is 8.33. The molecule has 0 radical (unpaired) electrons. The minimum atomic E-state index is 0.691. The second-order valence-electron chi connectivity index (χ2n) is 6.18. The highest BCUT2D eigenvalue weighted by Gasteiger charge is 2.06. The quantitative estimate of drug-likeness (QED) is 0.690. The Morgan fingerprint density at radius 2 is 1.58 bits per heavy atom. The maximum atomic E-state index is 5.40. The van der Waals surface area contributed by atoms with Gasteiger partial charge in [-0.05, 0) is 48.9 Å². The van der Waals surface area contributed by atoms with Gasteiger partial charge in [-0.25, -0.2) is 9.97 Å². The zero-order chi connectivity index (χ0) is 18.5. The molecule has 0 unspecified atom stereocenters. The van der Waals surface area contributed by atoms with Crippen LogP contribution in [0.15, 0.2) is 54.9 Å². The van der Waals surface area contributed by atoms with Crippen LogP contribution in [-0.2, 0) is 0 Å². The Morgan fingerprint density at radius 3 is 2.23 bits per heavy atom. The third-order valence-corrected chi connectivity index (χ3v) is 3.94. The number of methoxy groups -OCH3 is 1. The largest absolute Gasteiger partial charge is 0.495 e. The molecule has 0 fully saturated rings. The Kier molecular flexibility index (Phi) is 5.22. The molecular weight excluding hydrogens is 326 g/mol. The average Bonchev–Trinajstić information content (AvgIpc) is 2.63. The van der Waals surface area contributed by atoms with Gasteiger partial charge in [-0.3, -0.25) is 0 Å². The Bertz CT molecular complexity index is 878. The van der Waals surface area contributed by atoms with Gasteiger partial charge in [0.15, 0.2) is 0 Å². The maximum absolute atomic E-state index is 5.40. The van der Waals surface area contributed by atoms with Crippen molar-refractivity contribution >= 4 is 28.7 Å². The molecule has 0 bridgehead atoms. The highest BCUT2D eigenvalue weighted by molar-refractivity contribution is 5.68. The van der Waals surface area contributed by atoms with Crippen molar-refractivity contribution < 1.29 is 4.74 Å². The lowest BCUT2D eigenvalue weighted by Crippen LogP contribution is -2.08. The standard InChI is InChI=1S/C20H23N5O/c1-14-5-10-18(26-4)17(11-14)24-20-12-19(21-13-22-20)23-15-6-8-16(9-7-15)25(2)3/h5-13H,1-4H3,(H2,21,22,23,24). The lowest BCUT2D eigenvalue weighted by molar-refractivity contribution is 0.416. The summed E-state index contributed by atoms with van der Waals surface area (Å²) in [4.78, 5) is 10.6. The lowest BCUT2D eigenvalue weighted by Gasteiger charge is -2.14. The SMILES string of the molecule is COc1ccc(C)cc1Nc1cc(Nc2ccc(N(C)C)cc2)ncn1. The van der Waals surface area contributed by atoms with Crippen LogP contribution in [0, 0.1) is 6.92 Å². The summed E-state index contributed by atoms with van der Waals surface area (Å²) in [6.45, 7) is 2.04. The summed E-state index contributed by atoms with van der Waals surface area (Å²) >= 11 is 0. The average molecular weight is 349 g/mol. The summed E-state index contributed by atoms with van der Waals surface area (Å²) in [6, 6.07) is 16.0. The number of ether oxygens (including phenoxy) is 1. The first-order chi connectivity index (χ1) is 12.5. The van der Waals surface area contributed by atoms with E-state index in [9.17, 15) is 0 Å². The van der Waals surface area contributed by atoms with Gasteiger partial charge in [-0.15, -0.1) is 0 Å². The fourth-order valence-electron chi connectivity index (χ4n) is 2.54. The smallest absolute Gasteiger partial charge is 0.142 e. The predicted octanol–water partition coefficient (Wildman–Crippen LogP) is 4.35. The molecule has 1 aromatic heterocycles. The fourth-order valence-corrected chi connectivity index (χ4v) is 2.54. The first-order valence-corrected chi connectivity index (χ1v) is 8.33. The second-order valence-corrected chi connectivity index (χ2v) is 6.18. The summed E-state index contributed by atoms with van der Waals surface area (Å²) in [5.74, 6) is 2.17. The minimum absolute atomic E-state index is 0.691. The van der Waals surface area contributed by atoms with Gasteiger partial charge in [0.1, 0.15) is 23.7 Å². The Labute approximate surface area is 153 Å². The molecule has 1 heterocycles. The van der Waals surface area contributed by atoms with E-state index in [1.54, 1.807) is 7.11 Å². The van der Waals surface area contributed by atoms with Crippen molar-refractivity contribution in [2.45, 2.75) is 6.92 Å². The summed E-state index contributed by atoms with van der Waals surface area (Å²) < 4.78 is 5.40. The monoisotopic (exact) mass is 349 g/mol. The van der Waals surface area contributed by atoms with Crippen LogP contribution in [0.3, 0.4) is 0 Å². The Morgan fingerprint density at radius 1 is 0.885 bits per heavy atom. The van der Waals surface area contributed by atoms with E-state index in [0.717, 1.165) is 28.4 Å². The molecule has 0 saturated carbocycles. The van der Waals surface area contributed by atoms with E-state index in [4.69, 9.17) is 4.74 Å². The van der Waals surface area contributed by atoms with E-state index in [1.165, 1.54) is 6.33 Å². The van der Waals surface area contributed by atoms with Crippen molar-refractivity contribution in [2.24, 2.45) is 0 Å². The van der Waals surface area contributed by atoms with Gasteiger partial charge >= 0.3 is 0 Å². The number of aromatic nitrogens is 2. The van der Waals surface area contributed by atoms with Gasteiger partial charge in [-0.1, -0.05) is 6.07 Å². The van der Waals surface area contributed by atoms with Crippen LogP contribution in [0.5, 0.6) is 5.75 Å². The van der Waals surface area contributed by atoms with Crippen LogP contribution in [0.1, 0.15) is 5.56 Å². The number of rotatable bonds is 6. The zero-order valence-corrected chi connectivity index (χ0v) is 15.4. The number of hydrogen-bond acceptors (Lipinski definition) is 6. The summed E-state index contributed by atoms with van der Waals surface area (Å²) in [6.07, 6.45) is 1.53. The molecule has 0 aliphatic carbocycles. The van der Waals surface area contributed by atoms with E-state index in [0.29, 0.717) is 11.6 Å². The molecule has 0 aliphatic heterocycles. The van der Waals surface area contributed by atoms with Gasteiger partial charge in [0.25, 0.3) is 0 Å². The summed E-state index contributed by atoms with van der Waals surface area (Å²) in [7, 11) is 5.69. The van der Waals surface area contributed by atoms with Crippen LogP contribution in [-0.4, -0.2) is 31.2 Å². The topological polar surface area (TPSA) is 62.3 Å². The summed E-state index contributed by atoms with van der Waals surface area (Å²) in [5.41, 5.74) is 4.12.